The van der Waals surface area contributed by atoms with Crippen LogP contribution in [0, 0.1) is 0 Å². The van der Waals surface area contributed by atoms with E-state index in [-0.39, 0.29) is 12.6 Å². The highest BCUT2D eigenvalue weighted by molar-refractivity contribution is 5.68. The van der Waals surface area contributed by atoms with Crippen molar-refractivity contribution in [2.24, 2.45) is 0 Å². The summed E-state index contributed by atoms with van der Waals surface area (Å²) in [7, 11) is 0. The topological polar surface area (TPSA) is 109 Å². The van der Waals surface area contributed by atoms with E-state index in [0.29, 0.717) is 19.0 Å². The molecule has 5 rings (SSSR count). The van der Waals surface area contributed by atoms with E-state index in [2.05, 4.69) is 29.8 Å². The summed E-state index contributed by atoms with van der Waals surface area (Å²) in [6, 6.07) is 5.65. The first-order valence-corrected chi connectivity index (χ1v) is 10.6. The van der Waals surface area contributed by atoms with Crippen LogP contribution in [0.25, 0.3) is 18.0 Å². The summed E-state index contributed by atoms with van der Waals surface area (Å²) in [5, 5.41) is 10.0. The third kappa shape index (κ3) is 4.70. The summed E-state index contributed by atoms with van der Waals surface area (Å²) in [4.78, 5) is 30.3. The first-order chi connectivity index (χ1) is 16.3. The fourth-order valence-electron chi connectivity index (χ4n) is 3.76. The van der Waals surface area contributed by atoms with Gasteiger partial charge in [0.15, 0.2) is 0 Å². The van der Waals surface area contributed by atoms with Gasteiger partial charge >= 0.3 is 0 Å². The summed E-state index contributed by atoms with van der Waals surface area (Å²) < 4.78 is 1.85. The number of rotatable bonds is 6. The van der Waals surface area contributed by atoms with E-state index in [4.69, 9.17) is 4.98 Å². The minimum atomic E-state index is -0.139. The van der Waals surface area contributed by atoms with Crippen LogP contribution < -0.4 is 9.80 Å². The van der Waals surface area contributed by atoms with E-state index in [1.807, 2.05) is 46.0 Å². The van der Waals surface area contributed by atoms with Crippen molar-refractivity contribution in [1.29, 1.82) is 0 Å². The molecule has 1 fully saturated rings. The van der Waals surface area contributed by atoms with Crippen molar-refractivity contribution < 1.29 is 5.11 Å². The van der Waals surface area contributed by atoms with Crippen LogP contribution >= 0.6 is 0 Å². The molecule has 33 heavy (non-hydrogen) atoms. The lowest BCUT2D eigenvalue weighted by molar-refractivity contribution is 0.252. The van der Waals surface area contributed by atoms with E-state index in [1.54, 1.807) is 43.5 Å². The number of aliphatic hydroxyl groups excluding tert-OH is 1. The lowest BCUT2D eigenvalue weighted by Gasteiger charge is -2.41. The van der Waals surface area contributed by atoms with Crippen LogP contribution in [-0.2, 0) is 0 Å². The van der Waals surface area contributed by atoms with Crippen LogP contribution in [0.3, 0.4) is 0 Å². The van der Waals surface area contributed by atoms with Crippen LogP contribution in [-0.4, -0.2) is 71.9 Å². The SMILES string of the molecule is OC[C@H]1CN(c2cnccn2)CCN1c1nccc(/C=C/c2ccc(-n3ccnc3)nc2)n1. The zero-order valence-electron chi connectivity index (χ0n) is 17.9. The van der Waals surface area contributed by atoms with Gasteiger partial charge in [0.25, 0.3) is 0 Å². The van der Waals surface area contributed by atoms with Gasteiger partial charge in [-0.2, -0.15) is 0 Å². The van der Waals surface area contributed by atoms with Crippen LogP contribution in [0.1, 0.15) is 11.3 Å². The Labute approximate surface area is 191 Å². The van der Waals surface area contributed by atoms with Crippen LogP contribution in [0.15, 0.2) is 67.9 Å². The zero-order valence-corrected chi connectivity index (χ0v) is 17.9. The molecule has 0 amide bonds. The molecule has 5 heterocycles. The molecule has 0 unspecified atom stereocenters. The van der Waals surface area contributed by atoms with Gasteiger partial charge in [0.1, 0.15) is 18.0 Å². The van der Waals surface area contributed by atoms with Crippen molar-refractivity contribution in [3.63, 3.8) is 0 Å². The molecule has 0 spiro atoms. The van der Waals surface area contributed by atoms with Crippen molar-refractivity contribution in [3.05, 3.63) is 79.2 Å². The molecule has 0 saturated carbocycles. The first-order valence-electron chi connectivity index (χ1n) is 10.6. The molecule has 166 valence electrons. The summed E-state index contributed by atoms with van der Waals surface area (Å²) in [5.41, 5.74) is 1.75. The minimum Gasteiger partial charge on any atom is -0.394 e. The van der Waals surface area contributed by atoms with Gasteiger partial charge in [-0.3, -0.25) is 9.55 Å². The Morgan fingerprint density at radius 2 is 1.88 bits per heavy atom. The van der Waals surface area contributed by atoms with Gasteiger partial charge in [-0.15, -0.1) is 0 Å². The third-order valence-corrected chi connectivity index (χ3v) is 5.47. The highest BCUT2D eigenvalue weighted by Crippen LogP contribution is 2.20. The maximum Gasteiger partial charge on any atom is 0.226 e. The molecule has 10 nitrogen and oxygen atoms in total. The molecule has 0 aromatic carbocycles. The zero-order chi connectivity index (χ0) is 22.5. The number of nitrogens with zero attached hydrogens (tertiary/aromatic N) is 9. The second kappa shape index (κ2) is 9.53. The fourth-order valence-corrected chi connectivity index (χ4v) is 3.76. The molecule has 1 aliphatic heterocycles. The molecule has 1 N–H and O–H groups in total. The second-order valence-corrected chi connectivity index (χ2v) is 7.57. The van der Waals surface area contributed by atoms with Crippen molar-refractivity contribution in [2.45, 2.75) is 6.04 Å². The Kier molecular flexibility index (Phi) is 5.98. The Morgan fingerprint density at radius 1 is 0.909 bits per heavy atom. The number of pyridine rings is 1. The maximum atomic E-state index is 10.0. The molecule has 1 aliphatic rings. The lowest BCUT2D eigenvalue weighted by atomic mass is 10.2. The number of aliphatic hydroxyl groups is 1. The number of aromatic nitrogens is 7. The highest BCUT2D eigenvalue weighted by atomic mass is 16.3. The summed E-state index contributed by atoms with van der Waals surface area (Å²) in [6.07, 6.45) is 17.8. The van der Waals surface area contributed by atoms with Crippen molar-refractivity contribution in [2.75, 3.05) is 36.0 Å². The van der Waals surface area contributed by atoms with Gasteiger partial charge in [-0.05, 0) is 29.8 Å². The Balaban J connectivity index is 1.28. The fraction of sp³-hybridized carbons (Fsp3) is 0.217. The average Bonchev–Trinajstić information content (AvgIpc) is 3.43. The first kappa shape index (κ1) is 20.7. The predicted octanol–water partition coefficient (Wildman–Crippen LogP) is 1.71. The molecule has 1 atom stereocenters. The third-order valence-electron chi connectivity index (χ3n) is 5.47. The average molecular weight is 441 g/mol. The number of hydrogen-bond donors (Lipinski definition) is 1. The largest absolute Gasteiger partial charge is 0.394 e. The van der Waals surface area contributed by atoms with Crippen molar-refractivity contribution >= 4 is 23.9 Å². The highest BCUT2D eigenvalue weighted by Gasteiger charge is 2.29. The molecule has 1 saturated heterocycles. The molecule has 0 aliphatic carbocycles. The van der Waals surface area contributed by atoms with E-state index < -0.39 is 0 Å². The number of imidazole rings is 1. The second-order valence-electron chi connectivity index (χ2n) is 7.57. The Bertz CT molecular complexity index is 1200. The predicted molar refractivity (Wildman–Crippen MR) is 125 cm³/mol. The molecular weight excluding hydrogens is 418 g/mol. The molecule has 0 radical (unpaired) electrons. The van der Waals surface area contributed by atoms with Gasteiger partial charge in [0, 0.05) is 56.8 Å². The molecule has 4 aromatic heterocycles. The normalized spacial score (nSPS) is 16.5. The summed E-state index contributed by atoms with van der Waals surface area (Å²) in [5.74, 6) is 2.22. The number of anilines is 2. The van der Waals surface area contributed by atoms with Crippen molar-refractivity contribution in [3.8, 4) is 5.82 Å². The van der Waals surface area contributed by atoms with Crippen LogP contribution in [0.2, 0.25) is 0 Å². The van der Waals surface area contributed by atoms with Crippen molar-refractivity contribution in [1.82, 2.24) is 34.5 Å². The van der Waals surface area contributed by atoms with Crippen LogP contribution in [0.5, 0.6) is 0 Å². The van der Waals surface area contributed by atoms with Gasteiger partial charge in [0.2, 0.25) is 5.95 Å². The monoisotopic (exact) mass is 441 g/mol. The maximum absolute atomic E-state index is 10.0. The number of hydrogen-bond acceptors (Lipinski definition) is 9. The van der Waals surface area contributed by atoms with Gasteiger partial charge in [-0.25, -0.2) is 24.9 Å². The Morgan fingerprint density at radius 3 is 2.64 bits per heavy atom. The van der Waals surface area contributed by atoms with E-state index in [0.717, 1.165) is 29.4 Å². The van der Waals surface area contributed by atoms with Gasteiger partial charge < -0.3 is 14.9 Å². The standard InChI is InChI=1S/C23H23N9O/c33-16-20-15-30(22-14-24-7-8-26-22)11-12-32(20)23-27-6-5-19(29-23)3-1-18-2-4-21(28-13-18)31-10-9-25-17-31/h1-10,13-14,17,20,33H,11-12,15-16H2/b3-1+/t20-/m1/s1. The summed E-state index contributed by atoms with van der Waals surface area (Å²) >= 11 is 0. The van der Waals surface area contributed by atoms with Crippen LogP contribution in [0.4, 0.5) is 11.8 Å². The van der Waals surface area contributed by atoms with Gasteiger partial charge in [-0.1, -0.05) is 6.08 Å². The molecule has 0 bridgehead atoms. The number of piperazine rings is 1. The van der Waals surface area contributed by atoms with Gasteiger partial charge in [0.05, 0.1) is 24.5 Å². The van der Waals surface area contributed by atoms with E-state index in [9.17, 15) is 5.11 Å². The summed E-state index contributed by atoms with van der Waals surface area (Å²) in [6.45, 7) is 2.03. The Hall–Kier alpha value is -4.18. The molecular formula is C23H23N9O. The lowest BCUT2D eigenvalue weighted by Crippen LogP contribution is -2.55. The van der Waals surface area contributed by atoms with E-state index in [1.165, 1.54) is 0 Å². The minimum absolute atomic E-state index is 0.00484. The molecule has 4 aromatic rings. The smallest absolute Gasteiger partial charge is 0.226 e. The van der Waals surface area contributed by atoms with E-state index >= 15 is 0 Å². The quantitative estimate of drug-likeness (QED) is 0.478. The molecule has 10 heteroatoms.